The number of hydrogen-bond donors (Lipinski definition) is 1. The second kappa shape index (κ2) is 7.62. The summed E-state index contributed by atoms with van der Waals surface area (Å²) in [4.78, 5) is 24.1. The van der Waals surface area contributed by atoms with E-state index in [1.165, 1.54) is 5.56 Å². The molecule has 24 heavy (non-hydrogen) atoms. The maximum Gasteiger partial charge on any atom is 0.338 e. The van der Waals surface area contributed by atoms with Crippen LogP contribution in [0.2, 0.25) is 0 Å². The molecule has 0 aromatic heterocycles. The predicted molar refractivity (Wildman–Crippen MR) is 94.7 cm³/mol. The Hall–Kier alpha value is -2.14. The molecule has 1 N–H and O–H groups in total. The normalized spacial score (nSPS) is 16.1. The molecule has 1 atom stereocenters. The quantitative estimate of drug-likeness (QED) is 0.811. The Morgan fingerprint density at radius 2 is 2.00 bits per heavy atom. The molecule has 4 nitrogen and oxygen atoms in total. The molecule has 0 spiro atoms. The van der Waals surface area contributed by atoms with E-state index in [2.05, 4.69) is 27.3 Å². The monoisotopic (exact) mass is 387 g/mol. The lowest BCUT2D eigenvalue weighted by molar-refractivity contribution is -0.125. The van der Waals surface area contributed by atoms with Crippen LogP contribution in [0.3, 0.4) is 0 Å². The molecule has 2 aromatic rings. The van der Waals surface area contributed by atoms with Crippen LogP contribution in [0.5, 0.6) is 0 Å². The van der Waals surface area contributed by atoms with Crippen molar-refractivity contribution in [3.8, 4) is 0 Å². The molecule has 0 saturated heterocycles. The molecular formula is C19H18BrNO3. The molecule has 1 unspecified atom stereocenters. The number of esters is 1. The minimum absolute atomic E-state index is 0.00739. The van der Waals surface area contributed by atoms with E-state index in [1.54, 1.807) is 18.2 Å². The minimum Gasteiger partial charge on any atom is -0.452 e. The summed E-state index contributed by atoms with van der Waals surface area (Å²) in [5.74, 6) is -0.782. The van der Waals surface area contributed by atoms with Crippen molar-refractivity contribution in [3.63, 3.8) is 0 Å². The molecule has 0 saturated carbocycles. The minimum atomic E-state index is -0.504. The smallest absolute Gasteiger partial charge is 0.338 e. The van der Waals surface area contributed by atoms with E-state index in [9.17, 15) is 9.59 Å². The van der Waals surface area contributed by atoms with Crippen LogP contribution in [0.1, 0.15) is 40.4 Å². The van der Waals surface area contributed by atoms with Crippen molar-refractivity contribution in [2.24, 2.45) is 0 Å². The van der Waals surface area contributed by atoms with Crippen LogP contribution in [0.4, 0.5) is 0 Å². The third kappa shape index (κ3) is 4.03. The fourth-order valence-electron chi connectivity index (χ4n) is 2.97. The van der Waals surface area contributed by atoms with E-state index >= 15 is 0 Å². The van der Waals surface area contributed by atoms with Gasteiger partial charge in [0.25, 0.3) is 5.91 Å². The Morgan fingerprint density at radius 1 is 1.17 bits per heavy atom. The summed E-state index contributed by atoms with van der Waals surface area (Å²) in [6.07, 6.45) is 2.99. The lowest BCUT2D eigenvalue weighted by Crippen LogP contribution is -2.34. The van der Waals surface area contributed by atoms with Gasteiger partial charge in [-0.05, 0) is 48.6 Å². The van der Waals surface area contributed by atoms with Gasteiger partial charge in [0.1, 0.15) is 0 Å². The standard InChI is InChI=1S/C19H18BrNO3/c20-15-8-3-7-14(11-15)19(23)24-12-18(22)21-17-10-4-6-13-5-1-2-9-16(13)17/h1-3,5,7-9,11,17H,4,6,10,12H2,(H,21,22). The molecule has 0 radical (unpaired) electrons. The number of hydrogen-bond acceptors (Lipinski definition) is 3. The molecule has 124 valence electrons. The fourth-order valence-corrected chi connectivity index (χ4v) is 3.37. The van der Waals surface area contributed by atoms with Crippen molar-refractivity contribution < 1.29 is 14.3 Å². The molecule has 0 aliphatic heterocycles. The van der Waals surface area contributed by atoms with Crippen LogP contribution in [0.15, 0.2) is 53.0 Å². The van der Waals surface area contributed by atoms with Crippen LogP contribution in [-0.2, 0) is 16.0 Å². The first-order valence-corrected chi connectivity index (χ1v) is 8.72. The van der Waals surface area contributed by atoms with Gasteiger partial charge >= 0.3 is 5.97 Å². The van der Waals surface area contributed by atoms with Crippen LogP contribution in [0, 0.1) is 0 Å². The summed E-state index contributed by atoms with van der Waals surface area (Å²) < 4.78 is 5.89. The Balaban J connectivity index is 1.56. The number of ether oxygens (including phenoxy) is 1. The summed E-state index contributed by atoms with van der Waals surface area (Å²) in [5, 5.41) is 2.97. The Kier molecular flexibility index (Phi) is 5.30. The van der Waals surface area contributed by atoms with E-state index < -0.39 is 5.97 Å². The highest BCUT2D eigenvalue weighted by Crippen LogP contribution is 2.29. The van der Waals surface area contributed by atoms with Gasteiger partial charge < -0.3 is 10.1 Å². The zero-order valence-corrected chi connectivity index (χ0v) is 14.7. The number of benzene rings is 2. The molecule has 0 fully saturated rings. The lowest BCUT2D eigenvalue weighted by atomic mass is 9.88. The van der Waals surface area contributed by atoms with Crippen molar-refractivity contribution in [1.29, 1.82) is 0 Å². The molecule has 1 amide bonds. The zero-order valence-electron chi connectivity index (χ0n) is 13.1. The van der Waals surface area contributed by atoms with Gasteiger partial charge in [-0.25, -0.2) is 4.79 Å². The maximum absolute atomic E-state index is 12.1. The first-order chi connectivity index (χ1) is 11.6. The first-order valence-electron chi connectivity index (χ1n) is 7.93. The van der Waals surface area contributed by atoms with Crippen molar-refractivity contribution in [2.45, 2.75) is 25.3 Å². The Bertz CT molecular complexity index is 760. The number of fused-ring (bicyclic) bond motifs is 1. The predicted octanol–water partition coefficient (Wildman–Crippen LogP) is 3.80. The number of amides is 1. The van der Waals surface area contributed by atoms with Gasteiger partial charge in [-0.15, -0.1) is 0 Å². The number of nitrogens with one attached hydrogen (secondary N) is 1. The second-order valence-electron chi connectivity index (χ2n) is 5.80. The SMILES string of the molecule is O=C(COC(=O)c1cccc(Br)c1)NC1CCCc2ccccc21. The van der Waals surface area contributed by atoms with Gasteiger partial charge in [-0.2, -0.15) is 0 Å². The summed E-state index contributed by atoms with van der Waals surface area (Å²) in [5.41, 5.74) is 2.86. The van der Waals surface area contributed by atoms with E-state index in [4.69, 9.17) is 4.74 Å². The third-order valence-electron chi connectivity index (χ3n) is 4.10. The van der Waals surface area contributed by atoms with Gasteiger partial charge in [0.15, 0.2) is 6.61 Å². The maximum atomic E-state index is 12.1. The van der Waals surface area contributed by atoms with Gasteiger partial charge in [0, 0.05) is 4.47 Å². The highest BCUT2D eigenvalue weighted by Gasteiger charge is 2.21. The van der Waals surface area contributed by atoms with Crippen LogP contribution in [0.25, 0.3) is 0 Å². The first kappa shape index (κ1) is 16.7. The van der Waals surface area contributed by atoms with Crippen molar-refractivity contribution >= 4 is 27.8 Å². The van der Waals surface area contributed by atoms with E-state index in [-0.39, 0.29) is 18.6 Å². The number of rotatable bonds is 4. The average molecular weight is 388 g/mol. The molecule has 5 heteroatoms. The largest absolute Gasteiger partial charge is 0.452 e. The lowest BCUT2D eigenvalue weighted by Gasteiger charge is -2.26. The van der Waals surface area contributed by atoms with Gasteiger partial charge in [-0.3, -0.25) is 4.79 Å². The Morgan fingerprint density at radius 3 is 2.83 bits per heavy atom. The van der Waals surface area contributed by atoms with Gasteiger partial charge in [0.05, 0.1) is 11.6 Å². The van der Waals surface area contributed by atoms with Crippen molar-refractivity contribution in [2.75, 3.05) is 6.61 Å². The Labute approximate surface area is 149 Å². The van der Waals surface area contributed by atoms with E-state index in [0.29, 0.717) is 5.56 Å². The van der Waals surface area contributed by atoms with Crippen LogP contribution < -0.4 is 5.32 Å². The number of aryl methyl sites for hydroxylation is 1. The highest BCUT2D eigenvalue weighted by atomic mass is 79.9. The van der Waals surface area contributed by atoms with Crippen molar-refractivity contribution in [1.82, 2.24) is 5.32 Å². The molecule has 3 rings (SSSR count). The molecule has 0 heterocycles. The third-order valence-corrected chi connectivity index (χ3v) is 4.59. The number of halogens is 1. The summed E-state index contributed by atoms with van der Waals surface area (Å²) in [6.45, 7) is -0.274. The van der Waals surface area contributed by atoms with Gasteiger partial charge in [0.2, 0.25) is 0 Å². The summed E-state index contributed by atoms with van der Waals surface area (Å²) in [7, 11) is 0. The van der Waals surface area contributed by atoms with Crippen molar-refractivity contribution in [3.05, 3.63) is 69.7 Å². The molecular weight excluding hydrogens is 370 g/mol. The van der Waals surface area contributed by atoms with Crippen LogP contribution >= 0.6 is 15.9 Å². The van der Waals surface area contributed by atoms with Gasteiger partial charge in [-0.1, -0.05) is 46.3 Å². The molecule has 1 aliphatic rings. The molecule has 2 aromatic carbocycles. The summed E-state index contributed by atoms with van der Waals surface area (Å²) >= 11 is 3.30. The van der Waals surface area contributed by atoms with E-state index in [0.717, 1.165) is 29.3 Å². The number of carbonyl (C=O) groups is 2. The summed E-state index contributed by atoms with van der Waals surface area (Å²) in [6, 6.07) is 15.0. The topological polar surface area (TPSA) is 55.4 Å². The zero-order chi connectivity index (χ0) is 16.9. The second-order valence-corrected chi connectivity index (χ2v) is 6.71. The molecule has 0 bridgehead atoms. The highest BCUT2D eigenvalue weighted by molar-refractivity contribution is 9.10. The molecule has 1 aliphatic carbocycles. The fraction of sp³-hybridized carbons (Fsp3) is 0.263. The average Bonchev–Trinajstić information content (AvgIpc) is 2.60. The van der Waals surface area contributed by atoms with Crippen LogP contribution in [-0.4, -0.2) is 18.5 Å². The van der Waals surface area contributed by atoms with E-state index in [1.807, 2.05) is 24.3 Å². The number of carbonyl (C=O) groups excluding carboxylic acids is 2.